The van der Waals surface area contributed by atoms with Crippen molar-refractivity contribution < 1.29 is 9.53 Å². The molecule has 0 radical (unpaired) electrons. The van der Waals surface area contributed by atoms with Gasteiger partial charge in [0, 0.05) is 11.6 Å². The van der Waals surface area contributed by atoms with E-state index in [1.54, 1.807) is 18.3 Å². The van der Waals surface area contributed by atoms with E-state index in [0.29, 0.717) is 29.4 Å². The van der Waals surface area contributed by atoms with Gasteiger partial charge in [-0.1, -0.05) is 30.3 Å². The highest BCUT2D eigenvalue weighted by atomic mass is 16.5. The minimum atomic E-state index is -0.0558. The molecule has 0 unspecified atom stereocenters. The second-order valence-corrected chi connectivity index (χ2v) is 8.03. The number of benzene rings is 2. The van der Waals surface area contributed by atoms with Crippen LogP contribution >= 0.6 is 0 Å². The van der Waals surface area contributed by atoms with Crippen LogP contribution in [0, 0.1) is 0 Å². The van der Waals surface area contributed by atoms with E-state index in [-0.39, 0.29) is 11.9 Å². The number of hydrogen-bond acceptors (Lipinski definition) is 5. The van der Waals surface area contributed by atoms with Crippen LogP contribution in [0.5, 0.6) is 5.75 Å². The van der Waals surface area contributed by atoms with Crippen LogP contribution in [-0.4, -0.2) is 32.8 Å². The number of pyridine rings is 1. The fourth-order valence-electron chi connectivity index (χ4n) is 3.97. The van der Waals surface area contributed by atoms with Crippen LogP contribution in [0.2, 0.25) is 0 Å². The van der Waals surface area contributed by atoms with Crippen molar-refractivity contribution in [1.82, 2.24) is 19.7 Å². The highest BCUT2D eigenvalue weighted by Gasteiger charge is 2.30. The van der Waals surface area contributed by atoms with Crippen LogP contribution in [0.3, 0.4) is 0 Å². The molecule has 5 rings (SSSR count). The Hall–Kier alpha value is -4.00. The first-order valence-electron chi connectivity index (χ1n) is 10.5. The molecule has 0 saturated carbocycles. The second-order valence-electron chi connectivity index (χ2n) is 8.03. The Labute approximate surface area is 186 Å². The molecule has 2 aromatic heterocycles. The first kappa shape index (κ1) is 19.9. The monoisotopic (exact) mass is 425 g/mol. The number of ether oxygens (including phenoxy) is 1. The molecule has 3 heterocycles. The molecule has 0 atom stereocenters. The predicted octanol–water partition coefficient (Wildman–Crippen LogP) is 4.76. The van der Waals surface area contributed by atoms with Crippen molar-refractivity contribution in [2.24, 2.45) is 0 Å². The van der Waals surface area contributed by atoms with E-state index < -0.39 is 0 Å². The number of aromatic nitrogens is 4. The molecule has 0 aliphatic carbocycles. The van der Waals surface area contributed by atoms with E-state index >= 15 is 0 Å². The lowest BCUT2D eigenvalue weighted by atomic mass is 10.0. The third-order valence-electron chi connectivity index (χ3n) is 5.69. The second kappa shape index (κ2) is 7.92. The lowest BCUT2D eigenvalue weighted by Crippen LogP contribution is -2.24. The van der Waals surface area contributed by atoms with Crippen LogP contribution < -0.4 is 9.64 Å². The summed E-state index contributed by atoms with van der Waals surface area (Å²) >= 11 is 0. The minimum absolute atomic E-state index is 0.0558. The minimum Gasteiger partial charge on any atom is -0.497 e. The van der Waals surface area contributed by atoms with E-state index in [1.807, 2.05) is 65.2 Å². The van der Waals surface area contributed by atoms with Gasteiger partial charge in [-0.25, -0.2) is 4.98 Å². The highest BCUT2D eigenvalue weighted by molar-refractivity contribution is 6.10. The van der Waals surface area contributed by atoms with Gasteiger partial charge in [-0.3, -0.25) is 9.69 Å². The number of carbonyl (C=O) groups is 1. The largest absolute Gasteiger partial charge is 0.497 e. The fourth-order valence-corrected chi connectivity index (χ4v) is 3.97. The zero-order chi connectivity index (χ0) is 22.2. The van der Waals surface area contributed by atoms with Crippen molar-refractivity contribution in [3.63, 3.8) is 0 Å². The van der Waals surface area contributed by atoms with Gasteiger partial charge < -0.3 is 9.30 Å². The number of nitrogens with zero attached hydrogens (tertiary/aromatic N) is 5. The maximum atomic E-state index is 13.3. The molecule has 0 N–H and O–H groups in total. The van der Waals surface area contributed by atoms with Crippen molar-refractivity contribution in [3.8, 4) is 28.4 Å². The Morgan fingerprint density at radius 3 is 2.62 bits per heavy atom. The van der Waals surface area contributed by atoms with Crippen molar-refractivity contribution >= 4 is 11.7 Å². The Bertz CT molecular complexity index is 1310. The molecule has 0 saturated heterocycles. The fraction of sp³-hybridized carbons (Fsp3) is 0.200. The number of rotatable bonds is 5. The molecular formula is C25H23N5O2. The standard InChI is InChI=1S/C25H23N5O2/c1-16(2)30-15-26-28-24(30)22-8-5-9-23(27-22)29-14-19-11-10-18(13-21(19)25(29)31)17-6-4-7-20(12-17)32-3/h4-13,15-16H,14H2,1-3H3. The Balaban J connectivity index is 1.47. The van der Waals surface area contributed by atoms with Crippen LogP contribution in [-0.2, 0) is 6.54 Å². The molecule has 0 bridgehead atoms. The summed E-state index contributed by atoms with van der Waals surface area (Å²) in [4.78, 5) is 19.8. The van der Waals surface area contributed by atoms with Crippen molar-refractivity contribution in [1.29, 1.82) is 0 Å². The third kappa shape index (κ3) is 3.41. The molecule has 7 heteroatoms. The van der Waals surface area contributed by atoms with Gasteiger partial charge in [-0.2, -0.15) is 0 Å². The maximum absolute atomic E-state index is 13.3. The molecular weight excluding hydrogens is 402 g/mol. The molecule has 32 heavy (non-hydrogen) atoms. The summed E-state index contributed by atoms with van der Waals surface area (Å²) in [5, 5.41) is 8.26. The summed E-state index contributed by atoms with van der Waals surface area (Å²) in [5.74, 6) is 2.02. The number of amides is 1. The first-order valence-corrected chi connectivity index (χ1v) is 10.5. The summed E-state index contributed by atoms with van der Waals surface area (Å²) in [6.45, 7) is 4.62. The highest BCUT2D eigenvalue weighted by Crippen LogP contribution is 2.32. The van der Waals surface area contributed by atoms with E-state index in [2.05, 4.69) is 24.0 Å². The smallest absolute Gasteiger partial charge is 0.260 e. The predicted molar refractivity (Wildman–Crippen MR) is 123 cm³/mol. The van der Waals surface area contributed by atoms with Gasteiger partial charge in [0.1, 0.15) is 23.6 Å². The van der Waals surface area contributed by atoms with Gasteiger partial charge in [0.05, 0.1) is 13.7 Å². The van der Waals surface area contributed by atoms with E-state index in [9.17, 15) is 4.79 Å². The molecule has 1 aliphatic rings. The van der Waals surface area contributed by atoms with Crippen LogP contribution in [0.4, 0.5) is 5.82 Å². The van der Waals surface area contributed by atoms with Gasteiger partial charge >= 0.3 is 0 Å². The molecule has 2 aromatic carbocycles. The Kier molecular flexibility index (Phi) is 4.93. The summed E-state index contributed by atoms with van der Waals surface area (Å²) in [6, 6.07) is 19.7. The van der Waals surface area contributed by atoms with E-state index in [4.69, 9.17) is 9.72 Å². The SMILES string of the molecule is COc1cccc(-c2ccc3c(c2)C(=O)N(c2cccc(-c4nncn4C(C)C)n2)C3)c1. The van der Waals surface area contributed by atoms with Crippen LogP contribution in [0.15, 0.2) is 67.0 Å². The molecule has 1 aliphatic heterocycles. The normalized spacial score (nSPS) is 13.0. The van der Waals surface area contributed by atoms with Gasteiger partial charge in [0.2, 0.25) is 0 Å². The van der Waals surface area contributed by atoms with Gasteiger partial charge in [0.25, 0.3) is 5.91 Å². The topological polar surface area (TPSA) is 73.1 Å². The van der Waals surface area contributed by atoms with Gasteiger partial charge in [-0.05, 0) is 60.9 Å². The average molecular weight is 425 g/mol. The molecule has 0 fully saturated rings. The molecule has 0 spiro atoms. The van der Waals surface area contributed by atoms with E-state index in [0.717, 1.165) is 22.4 Å². The van der Waals surface area contributed by atoms with Crippen molar-refractivity contribution in [2.45, 2.75) is 26.4 Å². The Morgan fingerprint density at radius 2 is 1.81 bits per heavy atom. The molecule has 1 amide bonds. The number of carbonyl (C=O) groups excluding carboxylic acids is 1. The number of methoxy groups -OCH3 is 1. The summed E-state index contributed by atoms with van der Waals surface area (Å²) in [7, 11) is 1.65. The molecule has 7 nitrogen and oxygen atoms in total. The van der Waals surface area contributed by atoms with Crippen molar-refractivity contribution in [3.05, 3.63) is 78.1 Å². The molecule has 4 aromatic rings. The number of anilines is 1. The first-order chi connectivity index (χ1) is 15.5. The third-order valence-corrected chi connectivity index (χ3v) is 5.69. The number of fused-ring (bicyclic) bond motifs is 1. The van der Waals surface area contributed by atoms with Gasteiger partial charge in [-0.15, -0.1) is 10.2 Å². The summed E-state index contributed by atoms with van der Waals surface area (Å²) in [6.07, 6.45) is 1.70. The van der Waals surface area contributed by atoms with E-state index in [1.165, 1.54) is 0 Å². The lowest BCUT2D eigenvalue weighted by Gasteiger charge is -2.16. The zero-order valence-corrected chi connectivity index (χ0v) is 18.2. The van der Waals surface area contributed by atoms with Gasteiger partial charge in [0.15, 0.2) is 5.82 Å². The van der Waals surface area contributed by atoms with Crippen LogP contribution in [0.1, 0.15) is 35.8 Å². The summed E-state index contributed by atoms with van der Waals surface area (Å²) < 4.78 is 7.30. The van der Waals surface area contributed by atoms with Crippen LogP contribution in [0.25, 0.3) is 22.6 Å². The lowest BCUT2D eigenvalue weighted by molar-refractivity contribution is 0.0996. The van der Waals surface area contributed by atoms with Crippen molar-refractivity contribution in [2.75, 3.05) is 12.0 Å². The molecule has 160 valence electrons. The zero-order valence-electron chi connectivity index (χ0n) is 18.2. The Morgan fingerprint density at radius 1 is 1.00 bits per heavy atom. The maximum Gasteiger partial charge on any atom is 0.260 e. The average Bonchev–Trinajstić information content (AvgIpc) is 3.44. The summed E-state index contributed by atoms with van der Waals surface area (Å²) in [5.41, 5.74) is 4.35. The number of hydrogen-bond donors (Lipinski definition) is 0. The quantitative estimate of drug-likeness (QED) is 0.461.